The Bertz CT molecular complexity index is 1300. The molecular formula is C24H24F3N5O3. The van der Waals surface area contributed by atoms with Crippen molar-refractivity contribution in [1.29, 1.82) is 0 Å². The lowest BCUT2D eigenvalue weighted by molar-refractivity contribution is -0.137. The fraction of sp³-hybridized carbons (Fsp3) is 0.333. The number of hydrogen-bond acceptors (Lipinski definition) is 5. The van der Waals surface area contributed by atoms with Gasteiger partial charge in [-0.3, -0.25) is 29.8 Å². The Labute approximate surface area is 198 Å². The number of carbonyl (C=O) groups excluding carboxylic acids is 2. The summed E-state index contributed by atoms with van der Waals surface area (Å²) in [6.45, 7) is 2.76. The highest BCUT2D eigenvalue weighted by molar-refractivity contribution is 5.94. The predicted octanol–water partition coefficient (Wildman–Crippen LogP) is 3.43. The smallest absolute Gasteiger partial charge is 0.339 e. The first-order chi connectivity index (χ1) is 16.7. The van der Waals surface area contributed by atoms with Crippen LogP contribution in [0, 0.1) is 5.92 Å². The maximum Gasteiger partial charge on any atom is 0.416 e. The van der Waals surface area contributed by atoms with Crippen LogP contribution < -0.4 is 16.4 Å². The van der Waals surface area contributed by atoms with Crippen LogP contribution in [-0.4, -0.2) is 39.4 Å². The van der Waals surface area contributed by atoms with Gasteiger partial charge < -0.3 is 4.90 Å². The average molecular weight is 487 g/mol. The molecule has 4 rings (SSSR count). The SMILES string of the molecule is CCn1c(NNC(=O)C2CCN(C(=O)c3ccc(C(F)(F)F)cc3)CC2)nc2ccccc2c1=O. The summed E-state index contributed by atoms with van der Waals surface area (Å²) < 4.78 is 39.6. The molecule has 2 heterocycles. The number of anilines is 1. The zero-order valence-electron chi connectivity index (χ0n) is 18.9. The number of alkyl halides is 3. The molecule has 0 saturated carbocycles. The monoisotopic (exact) mass is 487 g/mol. The maximum absolute atomic E-state index is 12.7. The van der Waals surface area contributed by atoms with E-state index in [2.05, 4.69) is 15.8 Å². The lowest BCUT2D eigenvalue weighted by atomic mass is 9.95. The highest BCUT2D eigenvalue weighted by Gasteiger charge is 2.31. The van der Waals surface area contributed by atoms with Crippen molar-refractivity contribution in [2.45, 2.75) is 32.5 Å². The lowest BCUT2D eigenvalue weighted by Gasteiger charge is -2.31. The summed E-state index contributed by atoms with van der Waals surface area (Å²) in [6.07, 6.45) is -3.67. The summed E-state index contributed by atoms with van der Waals surface area (Å²) in [5.41, 5.74) is 5.01. The summed E-state index contributed by atoms with van der Waals surface area (Å²) in [4.78, 5) is 44.0. The first-order valence-electron chi connectivity index (χ1n) is 11.2. The average Bonchev–Trinajstić information content (AvgIpc) is 2.86. The van der Waals surface area contributed by atoms with Gasteiger partial charge in [-0.25, -0.2) is 4.98 Å². The quantitative estimate of drug-likeness (QED) is 0.538. The van der Waals surface area contributed by atoms with Gasteiger partial charge in [0.15, 0.2) is 0 Å². The minimum absolute atomic E-state index is 0.169. The van der Waals surface area contributed by atoms with Crippen LogP contribution in [0.2, 0.25) is 0 Å². The molecule has 0 radical (unpaired) electrons. The number of fused-ring (bicyclic) bond motifs is 1. The Morgan fingerprint density at radius 3 is 2.34 bits per heavy atom. The third-order valence-electron chi connectivity index (χ3n) is 6.09. The molecule has 0 atom stereocenters. The van der Waals surface area contributed by atoms with Gasteiger partial charge in [-0.2, -0.15) is 13.2 Å². The molecule has 0 bridgehead atoms. The molecule has 1 aromatic heterocycles. The number of rotatable bonds is 5. The molecular weight excluding hydrogens is 463 g/mol. The normalized spacial score (nSPS) is 14.7. The number of likely N-dealkylation sites (tertiary alicyclic amines) is 1. The molecule has 0 aliphatic carbocycles. The molecule has 2 aromatic carbocycles. The van der Waals surface area contributed by atoms with E-state index >= 15 is 0 Å². The topological polar surface area (TPSA) is 96.3 Å². The van der Waals surface area contributed by atoms with Crippen LogP contribution in [0.15, 0.2) is 53.3 Å². The third-order valence-corrected chi connectivity index (χ3v) is 6.09. The summed E-state index contributed by atoms with van der Waals surface area (Å²) in [7, 11) is 0. The largest absolute Gasteiger partial charge is 0.416 e. The first-order valence-corrected chi connectivity index (χ1v) is 11.2. The van der Waals surface area contributed by atoms with Crippen molar-refractivity contribution in [2.24, 2.45) is 5.92 Å². The van der Waals surface area contributed by atoms with Crippen LogP contribution >= 0.6 is 0 Å². The second-order valence-corrected chi connectivity index (χ2v) is 8.26. The van der Waals surface area contributed by atoms with Crippen LogP contribution in [0.25, 0.3) is 10.9 Å². The predicted molar refractivity (Wildman–Crippen MR) is 124 cm³/mol. The fourth-order valence-corrected chi connectivity index (χ4v) is 4.11. The van der Waals surface area contributed by atoms with Crippen molar-refractivity contribution in [2.75, 3.05) is 18.5 Å². The standard InChI is InChI=1S/C24H24F3N5O3/c1-2-32-22(35)18-5-3-4-6-19(18)28-23(32)30-29-20(33)15-11-13-31(14-12-15)21(34)16-7-9-17(10-8-16)24(25,26)27/h3-10,15H,2,11-14H2,1H3,(H,28,30)(H,29,33). The molecule has 1 saturated heterocycles. The van der Waals surface area contributed by atoms with E-state index < -0.39 is 11.7 Å². The van der Waals surface area contributed by atoms with Crippen molar-refractivity contribution < 1.29 is 22.8 Å². The molecule has 184 valence electrons. The number of aromatic nitrogens is 2. The van der Waals surface area contributed by atoms with E-state index in [0.717, 1.165) is 24.3 Å². The van der Waals surface area contributed by atoms with E-state index in [9.17, 15) is 27.6 Å². The van der Waals surface area contributed by atoms with Crippen LogP contribution in [0.3, 0.4) is 0 Å². The Hall–Kier alpha value is -3.89. The number of carbonyl (C=O) groups is 2. The van der Waals surface area contributed by atoms with Gasteiger partial charge in [0.1, 0.15) is 0 Å². The van der Waals surface area contributed by atoms with E-state index in [1.165, 1.54) is 9.47 Å². The van der Waals surface area contributed by atoms with Crippen LogP contribution in [0.1, 0.15) is 35.7 Å². The fourth-order valence-electron chi connectivity index (χ4n) is 4.11. The van der Waals surface area contributed by atoms with Gasteiger partial charge in [-0.15, -0.1) is 0 Å². The molecule has 1 aliphatic rings. The van der Waals surface area contributed by atoms with E-state index in [0.29, 0.717) is 43.4 Å². The van der Waals surface area contributed by atoms with Gasteiger partial charge in [0.05, 0.1) is 16.5 Å². The summed E-state index contributed by atoms with van der Waals surface area (Å²) >= 11 is 0. The van der Waals surface area contributed by atoms with E-state index in [-0.39, 0.29) is 34.8 Å². The van der Waals surface area contributed by atoms with Crippen LogP contribution in [0.4, 0.5) is 19.1 Å². The number of nitrogens with one attached hydrogen (secondary N) is 2. The molecule has 0 spiro atoms. The van der Waals surface area contributed by atoms with E-state index in [4.69, 9.17) is 0 Å². The van der Waals surface area contributed by atoms with Crippen molar-refractivity contribution in [3.8, 4) is 0 Å². The molecule has 11 heteroatoms. The Balaban J connectivity index is 1.35. The molecule has 3 aromatic rings. The van der Waals surface area contributed by atoms with Gasteiger partial charge in [-0.05, 0) is 56.2 Å². The second-order valence-electron chi connectivity index (χ2n) is 8.26. The molecule has 0 unspecified atom stereocenters. The highest BCUT2D eigenvalue weighted by Crippen LogP contribution is 2.29. The highest BCUT2D eigenvalue weighted by atomic mass is 19.4. The van der Waals surface area contributed by atoms with Crippen molar-refractivity contribution >= 4 is 28.7 Å². The molecule has 1 fully saturated rings. The first kappa shape index (κ1) is 24.2. The Kier molecular flexibility index (Phi) is 6.77. The van der Waals surface area contributed by atoms with E-state index in [1.54, 1.807) is 31.2 Å². The summed E-state index contributed by atoms with van der Waals surface area (Å²) in [5, 5.41) is 0.483. The van der Waals surface area contributed by atoms with Gasteiger partial charge in [0.2, 0.25) is 11.9 Å². The van der Waals surface area contributed by atoms with Crippen molar-refractivity contribution in [3.05, 3.63) is 70.0 Å². The van der Waals surface area contributed by atoms with Gasteiger partial charge in [-0.1, -0.05) is 12.1 Å². The number of benzene rings is 2. The Morgan fingerprint density at radius 1 is 1.06 bits per heavy atom. The number of halogens is 3. The summed E-state index contributed by atoms with van der Waals surface area (Å²) in [6, 6.07) is 11.0. The van der Waals surface area contributed by atoms with Gasteiger partial charge in [0.25, 0.3) is 11.5 Å². The maximum atomic E-state index is 12.7. The molecule has 8 nitrogen and oxygen atoms in total. The lowest BCUT2D eigenvalue weighted by Crippen LogP contribution is -2.44. The number of piperidine rings is 1. The minimum atomic E-state index is -4.46. The van der Waals surface area contributed by atoms with Crippen molar-refractivity contribution in [1.82, 2.24) is 19.9 Å². The zero-order valence-corrected chi connectivity index (χ0v) is 18.9. The van der Waals surface area contributed by atoms with Gasteiger partial charge >= 0.3 is 6.18 Å². The number of para-hydroxylation sites is 1. The van der Waals surface area contributed by atoms with Crippen molar-refractivity contribution in [3.63, 3.8) is 0 Å². The third kappa shape index (κ3) is 5.13. The van der Waals surface area contributed by atoms with E-state index in [1.807, 2.05) is 0 Å². The van der Waals surface area contributed by atoms with Gasteiger partial charge in [0, 0.05) is 31.1 Å². The molecule has 2 N–H and O–H groups in total. The minimum Gasteiger partial charge on any atom is -0.339 e. The molecule has 1 aliphatic heterocycles. The summed E-state index contributed by atoms with van der Waals surface area (Å²) in [5.74, 6) is -0.819. The Morgan fingerprint density at radius 2 is 1.71 bits per heavy atom. The zero-order chi connectivity index (χ0) is 25.2. The van der Waals surface area contributed by atoms with Crippen LogP contribution in [-0.2, 0) is 17.5 Å². The number of nitrogens with zero attached hydrogens (tertiary/aromatic N) is 3. The number of amides is 2. The molecule has 2 amide bonds. The second kappa shape index (κ2) is 9.77. The number of hydrazine groups is 1. The van der Waals surface area contributed by atoms with Crippen LogP contribution in [0.5, 0.6) is 0 Å². The number of hydrogen-bond donors (Lipinski definition) is 2. The molecule has 35 heavy (non-hydrogen) atoms.